The van der Waals surface area contributed by atoms with E-state index >= 15 is 0 Å². The molecule has 0 spiro atoms. The summed E-state index contributed by atoms with van der Waals surface area (Å²) in [4.78, 5) is 16.3. The minimum Gasteiger partial charge on any atom is -0.484 e. The molecule has 0 atom stereocenters. The van der Waals surface area contributed by atoms with Crippen LogP contribution in [0.1, 0.15) is 11.5 Å². The molecule has 1 amide bonds. The lowest BCUT2D eigenvalue weighted by Crippen LogP contribution is -2.28. The largest absolute Gasteiger partial charge is 0.484 e. The Bertz CT molecular complexity index is 1080. The van der Waals surface area contributed by atoms with Gasteiger partial charge in [0.15, 0.2) is 6.61 Å². The smallest absolute Gasteiger partial charge is 0.258 e. The van der Waals surface area contributed by atoms with Crippen LogP contribution in [-0.4, -0.2) is 22.7 Å². The Morgan fingerprint density at radius 1 is 1.00 bits per heavy atom. The Labute approximate surface area is 167 Å². The van der Waals surface area contributed by atoms with Gasteiger partial charge in [0, 0.05) is 11.1 Å². The van der Waals surface area contributed by atoms with Gasteiger partial charge >= 0.3 is 0 Å². The van der Waals surface area contributed by atoms with Gasteiger partial charge in [-0.05, 0) is 43.3 Å². The number of rotatable bonds is 7. The van der Waals surface area contributed by atoms with E-state index in [-0.39, 0.29) is 12.5 Å². The number of amides is 1. The fraction of sp³-hybridized carbons (Fsp3) is 0.136. The fourth-order valence-electron chi connectivity index (χ4n) is 2.70. The monoisotopic (exact) mass is 389 g/mol. The molecule has 0 aliphatic heterocycles. The second-order valence-corrected chi connectivity index (χ2v) is 6.39. The fourth-order valence-corrected chi connectivity index (χ4v) is 2.70. The van der Waals surface area contributed by atoms with Crippen LogP contribution in [0.25, 0.3) is 22.8 Å². The number of aromatic nitrogens is 2. The molecule has 0 fully saturated rings. The molecular weight excluding hydrogens is 370 g/mol. The highest BCUT2D eigenvalue weighted by molar-refractivity contribution is 5.77. The Kier molecular flexibility index (Phi) is 5.38. The summed E-state index contributed by atoms with van der Waals surface area (Å²) in [6.45, 7) is 2.10. The quantitative estimate of drug-likeness (QED) is 0.514. The molecular formula is C22H19N3O4. The number of carbonyl (C=O) groups is 1. The van der Waals surface area contributed by atoms with Crippen LogP contribution in [0, 0.1) is 6.92 Å². The van der Waals surface area contributed by atoms with E-state index in [2.05, 4.69) is 15.5 Å². The number of furan rings is 1. The third-order valence-electron chi connectivity index (χ3n) is 4.19. The molecule has 0 radical (unpaired) electrons. The van der Waals surface area contributed by atoms with E-state index in [1.807, 2.05) is 49.4 Å². The van der Waals surface area contributed by atoms with E-state index in [9.17, 15) is 4.79 Å². The third-order valence-corrected chi connectivity index (χ3v) is 4.19. The van der Waals surface area contributed by atoms with Crippen molar-refractivity contribution in [2.45, 2.75) is 13.5 Å². The van der Waals surface area contributed by atoms with Crippen molar-refractivity contribution in [3.05, 3.63) is 78.3 Å². The number of nitrogens with one attached hydrogen (secondary N) is 1. The number of benzene rings is 2. The standard InChI is InChI=1S/C22H19N3O4/c1-15-7-10-19(28-15)13-23-20(26)14-27-18-11-8-17(9-12-18)22-24-21(25-29-22)16-5-3-2-4-6-16/h2-12H,13-14H2,1H3,(H,23,26). The van der Waals surface area contributed by atoms with E-state index in [1.54, 1.807) is 24.3 Å². The highest BCUT2D eigenvalue weighted by Crippen LogP contribution is 2.24. The second kappa shape index (κ2) is 8.43. The summed E-state index contributed by atoms with van der Waals surface area (Å²) in [7, 11) is 0. The summed E-state index contributed by atoms with van der Waals surface area (Å²) in [5.74, 6) is 2.80. The molecule has 7 nitrogen and oxygen atoms in total. The predicted molar refractivity (Wildman–Crippen MR) is 106 cm³/mol. The van der Waals surface area contributed by atoms with Crippen molar-refractivity contribution < 1.29 is 18.5 Å². The molecule has 146 valence electrons. The summed E-state index contributed by atoms with van der Waals surface area (Å²) in [5, 5.41) is 6.76. The third kappa shape index (κ3) is 4.70. The predicted octanol–water partition coefficient (Wildman–Crippen LogP) is 4.00. The van der Waals surface area contributed by atoms with Crippen LogP contribution >= 0.6 is 0 Å². The molecule has 0 saturated carbocycles. The first-order valence-electron chi connectivity index (χ1n) is 9.12. The van der Waals surface area contributed by atoms with E-state index in [1.165, 1.54) is 0 Å². The van der Waals surface area contributed by atoms with Gasteiger partial charge in [0.25, 0.3) is 11.8 Å². The SMILES string of the molecule is Cc1ccc(CNC(=O)COc2ccc(-c3nc(-c4ccccc4)no3)cc2)o1. The molecule has 4 rings (SSSR count). The van der Waals surface area contributed by atoms with Crippen LogP contribution in [0.15, 0.2) is 75.7 Å². The van der Waals surface area contributed by atoms with Crippen LogP contribution in [-0.2, 0) is 11.3 Å². The maximum Gasteiger partial charge on any atom is 0.258 e. The number of hydrogen-bond acceptors (Lipinski definition) is 6. The molecule has 0 aliphatic rings. The van der Waals surface area contributed by atoms with Crippen molar-refractivity contribution in [1.82, 2.24) is 15.5 Å². The molecule has 7 heteroatoms. The highest BCUT2D eigenvalue weighted by Gasteiger charge is 2.11. The molecule has 0 unspecified atom stereocenters. The van der Waals surface area contributed by atoms with Crippen molar-refractivity contribution in [3.8, 4) is 28.6 Å². The number of ether oxygens (including phenoxy) is 1. The summed E-state index contributed by atoms with van der Waals surface area (Å²) in [5.41, 5.74) is 1.66. The Morgan fingerprint density at radius 3 is 2.52 bits per heavy atom. The van der Waals surface area contributed by atoms with Crippen molar-refractivity contribution >= 4 is 5.91 Å². The first kappa shape index (κ1) is 18.5. The summed E-state index contributed by atoms with van der Waals surface area (Å²) < 4.78 is 16.3. The first-order valence-corrected chi connectivity index (χ1v) is 9.12. The van der Waals surface area contributed by atoms with Crippen LogP contribution in [0.5, 0.6) is 5.75 Å². The van der Waals surface area contributed by atoms with Gasteiger partial charge in [-0.3, -0.25) is 4.79 Å². The lowest BCUT2D eigenvalue weighted by Gasteiger charge is -2.07. The minimum absolute atomic E-state index is 0.0856. The van der Waals surface area contributed by atoms with Crippen molar-refractivity contribution in [2.75, 3.05) is 6.61 Å². The summed E-state index contributed by atoms with van der Waals surface area (Å²) in [6, 6.07) is 20.4. The van der Waals surface area contributed by atoms with Gasteiger partial charge in [-0.2, -0.15) is 4.98 Å². The molecule has 2 heterocycles. The number of hydrogen-bond donors (Lipinski definition) is 1. The van der Waals surface area contributed by atoms with Gasteiger partial charge in [0.05, 0.1) is 6.54 Å². The van der Waals surface area contributed by atoms with Gasteiger partial charge in [0.1, 0.15) is 17.3 Å². The van der Waals surface area contributed by atoms with Gasteiger partial charge in [-0.15, -0.1) is 0 Å². The van der Waals surface area contributed by atoms with Gasteiger partial charge in [0.2, 0.25) is 5.82 Å². The lowest BCUT2D eigenvalue weighted by molar-refractivity contribution is -0.123. The molecule has 2 aromatic carbocycles. The van der Waals surface area contributed by atoms with Crippen LogP contribution in [0.4, 0.5) is 0 Å². The van der Waals surface area contributed by atoms with E-state index < -0.39 is 0 Å². The zero-order valence-corrected chi connectivity index (χ0v) is 15.8. The zero-order chi connectivity index (χ0) is 20.1. The Hall–Kier alpha value is -3.87. The zero-order valence-electron chi connectivity index (χ0n) is 15.8. The van der Waals surface area contributed by atoms with Crippen molar-refractivity contribution in [2.24, 2.45) is 0 Å². The normalized spacial score (nSPS) is 10.7. The molecule has 0 saturated heterocycles. The summed E-state index contributed by atoms with van der Waals surface area (Å²) >= 11 is 0. The second-order valence-electron chi connectivity index (χ2n) is 6.39. The maximum absolute atomic E-state index is 11.9. The minimum atomic E-state index is -0.229. The average molecular weight is 389 g/mol. The molecule has 0 bridgehead atoms. The molecule has 1 N–H and O–H groups in total. The van der Waals surface area contributed by atoms with Crippen LogP contribution in [0.2, 0.25) is 0 Å². The van der Waals surface area contributed by atoms with Crippen molar-refractivity contribution in [1.29, 1.82) is 0 Å². The Balaban J connectivity index is 1.31. The number of carbonyl (C=O) groups excluding carboxylic acids is 1. The summed E-state index contributed by atoms with van der Waals surface area (Å²) in [6.07, 6.45) is 0. The van der Waals surface area contributed by atoms with Crippen LogP contribution in [0.3, 0.4) is 0 Å². The maximum atomic E-state index is 11.9. The molecule has 0 aliphatic carbocycles. The Morgan fingerprint density at radius 2 is 1.79 bits per heavy atom. The lowest BCUT2D eigenvalue weighted by atomic mass is 10.2. The highest BCUT2D eigenvalue weighted by atomic mass is 16.5. The van der Waals surface area contributed by atoms with Gasteiger partial charge in [-0.1, -0.05) is 35.5 Å². The van der Waals surface area contributed by atoms with E-state index in [0.717, 1.165) is 16.9 Å². The number of aryl methyl sites for hydroxylation is 1. The average Bonchev–Trinajstić information content (AvgIpc) is 3.41. The van der Waals surface area contributed by atoms with Gasteiger partial charge in [-0.25, -0.2) is 0 Å². The molecule has 2 aromatic heterocycles. The molecule has 4 aromatic rings. The first-order chi connectivity index (χ1) is 14.2. The van der Waals surface area contributed by atoms with Gasteiger partial charge < -0.3 is 19.0 Å². The molecule has 29 heavy (non-hydrogen) atoms. The van der Waals surface area contributed by atoms with E-state index in [4.69, 9.17) is 13.7 Å². The van der Waals surface area contributed by atoms with Crippen LogP contribution < -0.4 is 10.1 Å². The topological polar surface area (TPSA) is 90.4 Å². The van der Waals surface area contributed by atoms with Crippen molar-refractivity contribution in [3.63, 3.8) is 0 Å². The van der Waals surface area contributed by atoms with E-state index in [0.29, 0.717) is 29.8 Å². The number of nitrogens with zero attached hydrogens (tertiary/aromatic N) is 2.